The molecule has 0 fully saturated rings. The van der Waals surface area contributed by atoms with E-state index in [1.54, 1.807) is 30.2 Å². The van der Waals surface area contributed by atoms with E-state index in [9.17, 15) is 4.79 Å². The average Bonchev–Trinajstić information content (AvgIpc) is 3.17. The molecular formula is C23H27N3O2S2. The van der Waals surface area contributed by atoms with Gasteiger partial charge < -0.3 is 15.0 Å². The number of hydrogen-bond donors (Lipinski definition) is 1. The van der Waals surface area contributed by atoms with Crippen molar-refractivity contribution in [2.45, 2.75) is 23.6 Å². The van der Waals surface area contributed by atoms with Gasteiger partial charge in [0.05, 0.1) is 29.4 Å². The smallest absolute Gasteiger partial charge is 0.252 e. The summed E-state index contributed by atoms with van der Waals surface area (Å²) in [5.74, 6) is 1.49. The summed E-state index contributed by atoms with van der Waals surface area (Å²) in [7, 11) is 5.68. The highest BCUT2D eigenvalue weighted by molar-refractivity contribution is 7.98. The van der Waals surface area contributed by atoms with Gasteiger partial charge in [-0.2, -0.15) is 0 Å². The third-order valence-corrected chi connectivity index (χ3v) is 6.66. The Hall–Kier alpha value is -2.35. The molecule has 2 aromatic carbocycles. The van der Waals surface area contributed by atoms with Crippen LogP contribution in [0.4, 0.5) is 0 Å². The van der Waals surface area contributed by atoms with E-state index in [0.717, 1.165) is 32.7 Å². The van der Waals surface area contributed by atoms with E-state index >= 15 is 0 Å². The van der Waals surface area contributed by atoms with Crippen LogP contribution in [0.3, 0.4) is 0 Å². The molecule has 0 saturated heterocycles. The first-order valence-corrected chi connectivity index (χ1v) is 11.6. The average molecular weight is 442 g/mol. The fourth-order valence-electron chi connectivity index (χ4n) is 3.14. The lowest BCUT2D eigenvalue weighted by Crippen LogP contribution is -2.34. The highest BCUT2D eigenvalue weighted by Crippen LogP contribution is 2.27. The summed E-state index contributed by atoms with van der Waals surface area (Å²) in [6.45, 7) is 2.51. The maximum absolute atomic E-state index is 13.0. The van der Waals surface area contributed by atoms with Crippen LogP contribution in [0.5, 0.6) is 5.75 Å². The van der Waals surface area contributed by atoms with Crippen LogP contribution < -0.4 is 10.1 Å². The lowest BCUT2D eigenvalue weighted by atomic mass is 10.1. The molecule has 0 aliphatic carbocycles. The number of amides is 1. The molecule has 1 atom stereocenters. The lowest BCUT2D eigenvalue weighted by Gasteiger charge is -2.25. The molecule has 5 nitrogen and oxygen atoms in total. The summed E-state index contributed by atoms with van der Waals surface area (Å²) in [6.07, 6.45) is 0. The predicted octanol–water partition coefficient (Wildman–Crippen LogP) is 4.79. The molecule has 7 heteroatoms. The van der Waals surface area contributed by atoms with Gasteiger partial charge in [-0.1, -0.05) is 24.3 Å². The van der Waals surface area contributed by atoms with Gasteiger partial charge in [0.25, 0.3) is 5.91 Å². The van der Waals surface area contributed by atoms with Gasteiger partial charge in [0.15, 0.2) is 0 Å². The molecule has 30 heavy (non-hydrogen) atoms. The summed E-state index contributed by atoms with van der Waals surface area (Å²) in [5, 5.41) is 6.24. The summed E-state index contributed by atoms with van der Waals surface area (Å²) >= 11 is 3.29. The van der Waals surface area contributed by atoms with E-state index in [0.29, 0.717) is 12.1 Å². The van der Waals surface area contributed by atoms with Crippen LogP contribution in [-0.2, 0) is 5.75 Å². The Labute approximate surface area is 186 Å². The number of thioether (sulfide) groups is 1. The van der Waals surface area contributed by atoms with Gasteiger partial charge >= 0.3 is 0 Å². The first-order valence-electron chi connectivity index (χ1n) is 9.69. The molecule has 1 aromatic heterocycles. The zero-order chi connectivity index (χ0) is 21.5. The molecule has 1 N–H and O–H groups in total. The topological polar surface area (TPSA) is 54.5 Å². The maximum Gasteiger partial charge on any atom is 0.252 e. The van der Waals surface area contributed by atoms with Gasteiger partial charge in [0.2, 0.25) is 0 Å². The predicted molar refractivity (Wildman–Crippen MR) is 125 cm³/mol. The van der Waals surface area contributed by atoms with E-state index in [4.69, 9.17) is 4.74 Å². The second-order valence-electron chi connectivity index (χ2n) is 7.11. The maximum atomic E-state index is 13.0. The summed E-state index contributed by atoms with van der Waals surface area (Å²) in [4.78, 5) is 20.5. The molecule has 0 radical (unpaired) electrons. The van der Waals surface area contributed by atoms with E-state index in [1.807, 2.05) is 63.5 Å². The van der Waals surface area contributed by atoms with Crippen molar-refractivity contribution in [3.63, 3.8) is 0 Å². The number of hydrogen-bond acceptors (Lipinski definition) is 6. The second kappa shape index (κ2) is 10.6. The Kier molecular flexibility index (Phi) is 7.90. The highest BCUT2D eigenvalue weighted by atomic mass is 32.2. The third-order valence-electron chi connectivity index (χ3n) is 4.73. The number of thiazole rings is 1. The first-order chi connectivity index (χ1) is 14.5. The molecule has 0 saturated carbocycles. The molecule has 0 aliphatic heterocycles. The molecule has 1 unspecified atom stereocenters. The zero-order valence-electron chi connectivity index (χ0n) is 17.7. The fourth-order valence-corrected chi connectivity index (χ4v) is 4.80. The van der Waals surface area contributed by atoms with Crippen molar-refractivity contribution in [1.82, 2.24) is 15.2 Å². The van der Waals surface area contributed by atoms with Crippen molar-refractivity contribution in [3.8, 4) is 5.75 Å². The Morgan fingerprint density at radius 1 is 1.23 bits per heavy atom. The van der Waals surface area contributed by atoms with Crippen molar-refractivity contribution in [2.24, 2.45) is 0 Å². The largest absolute Gasteiger partial charge is 0.497 e. The number of nitrogens with one attached hydrogen (secondary N) is 1. The number of likely N-dealkylation sites (N-methyl/N-ethyl adjacent to an activating group) is 1. The van der Waals surface area contributed by atoms with Gasteiger partial charge in [0.1, 0.15) is 5.75 Å². The Bertz CT molecular complexity index is 988. The Balaban J connectivity index is 1.68. The molecule has 3 rings (SSSR count). The van der Waals surface area contributed by atoms with Gasteiger partial charge in [0, 0.05) is 22.6 Å². The lowest BCUT2D eigenvalue weighted by molar-refractivity contribution is 0.0939. The number of aryl methyl sites for hydroxylation is 1. The number of carbonyl (C=O) groups is 1. The van der Waals surface area contributed by atoms with E-state index in [2.05, 4.69) is 26.6 Å². The van der Waals surface area contributed by atoms with Gasteiger partial charge in [-0.05, 0) is 50.8 Å². The molecule has 3 aromatic rings. The number of benzene rings is 2. The van der Waals surface area contributed by atoms with E-state index < -0.39 is 0 Å². The minimum absolute atomic E-state index is 0.0434. The van der Waals surface area contributed by atoms with Crippen LogP contribution in [0.25, 0.3) is 0 Å². The highest BCUT2D eigenvalue weighted by Gasteiger charge is 2.18. The number of ether oxygens (including phenoxy) is 1. The minimum Gasteiger partial charge on any atom is -0.497 e. The molecule has 0 spiro atoms. The minimum atomic E-state index is -0.0673. The number of aromatic nitrogens is 1. The number of rotatable bonds is 9. The Morgan fingerprint density at radius 2 is 2.03 bits per heavy atom. The normalized spacial score (nSPS) is 12.0. The van der Waals surface area contributed by atoms with Crippen LogP contribution in [-0.4, -0.2) is 43.5 Å². The number of methoxy groups -OCH3 is 1. The second-order valence-corrected chi connectivity index (χ2v) is 9.19. The van der Waals surface area contributed by atoms with Crippen molar-refractivity contribution < 1.29 is 9.53 Å². The molecular weight excluding hydrogens is 414 g/mol. The summed E-state index contributed by atoms with van der Waals surface area (Å²) in [6, 6.07) is 15.7. The summed E-state index contributed by atoms with van der Waals surface area (Å²) < 4.78 is 5.35. The monoisotopic (exact) mass is 441 g/mol. The number of carbonyl (C=O) groups excluding carboxylic acids is 1. The van der Waals surface area contributed by atoms with Crippen LogP contribution in [0.2, 0.25) is 0 Å². The van der Waals surface area contributed by atoms with E-state index in [1.165, 1.54) is 0 Å². The fraction of sp³-hybridized carbons (Fsp3) is 0.304. The van der Waals surface area contributed by atoms with Crippen LogP contribution >= 0.6 is 23.1 Å². The standard InChI is InChI=1S/C23H27N3O2S2/c1-16-25-18(14-29-16)15-30-22-11-6-5-10-20(22)23(27)24-13-21(26(2)3)17-8-7-9-19(12-17)28-4/h5-12,14,21H,13,15H2,1-4H3,(H,24,27). The molecule has 1 amide bonds. The SMILES string of the molecule is COc1cccc(C(CNC(=O)c2ccccc2SCc2csc(C)n2)N(C)C)c1. The third kappa shape index (κ3) is 5.84. The first kappa shape index (κ1) is 22.3. The van der Waals surface area contributed by atoms with Crippen LogP contribution in [0.15, 0.2) is 58.8 Å². The molecule has 1 heterocycles. The van der Waals surface area contributed by atoms with Crippen molar-refractivity contribution >= 4 is 29.0 Å². The van der Waals surface area contributed by atoms with Crippen molar-refractivity contribution in [1.29, 1.82) is 0 Å². The Morgan fingerprint density at radius 3 is 2.73 bits per heavy atom. The van der Waals surface area contributed by atoms with Crippen molar-refractivity contribution in [3.05, 3.63) is 75.7 Å². The van der Waals surface area contributed by atoms with Gasteiger partial charge in [-0.3, -0.25) is 4.79 Å². The zero-order valence-corrected chi connectivity index (χ0v) is 19.3. The molecule has 0 aliphatic rings. The van der Waals surface area contributed by atoms with Crippen LogP contribution in [0, 0.1) is 6.92 Å². The van der Waals surface area contributed by atoms with Crippen molar-refractivity contribution in [2.75, 3.05) is 27.7 Å². The van der Waals surface area contributed by atoms with Crippen LogP contribution in [0.1, 0.15) is 32.7 Å². The van der Waals surface area contributed by atoms with E-state index in [-0.39, 0.29) is 11.9 Å². The quantitative estimate of drug-likeness (QED) is 0.484. The molecule has 0 bridgehead atoms. The molecule has 158 valence electrons. The van der Waals surface area contributed by atoms with Gasteiger partial charge in [-0.25, -0.2) is 4.98 Å². The van der Waals surface area contributed by atoms with Gasteiger partial charge in [-0.15, -0.1) is 23.1 Å². The summed E-state index contributed by atoms with van der Waals surface area (Å²) in [5.41, 5.74) is 2.84. The number of nitrogens with zero attached hydrogens (tertiary/aromatic N) is 2.